The molecule has 2 N–H and O–H groups in total. The molecule has 0 aliphatic rings. The lowest BCUT2D eigenvalue weighted by Crippen LogP contribution is -2.28. The number of carbonyl (C=O) groups excluding carboxylic acids is 1. The third kappa shape index (κ3) is 3.35. The molecule has 0 saturated heterocycles. The lowest BCUT2D eigenvalue weighted by molar-refractivity contribution is 0.0797. The lowest BCUT2D eigenvalue weighted by atomic mass is 10.1. The van der Waals surface area contributed by atoms with E-state index in [0.29, 0.717) is 5.56 Å². The van der Waals surface area contributed by atoms with Gasteiger partial charge < -0.3 is 10.6 Å². The van der Waals surface area contributed by atoms with E-state index in [1.807, 2.05) is 26.1 Å². The van der Waals surface area contributed by atoms with Gasteiger partial charge in [-0.3, -0.25) is 4.79 Å². The summed E-state index contributed by atoms with van der Waals surface area (Å²) in [5.41, 5.74) is 8.12. The van der Waals surface area contributed by atoms with Gasteiger partial charge in [0.25, 0.3) is 5.91 Å². The van der Waals surface area contributed by atoms with Crippen molar-refractivity contribution in [3.63, 3.8) is 0 Å². The fourth-order valence-electron chi connectivity index (χ4n) is 1.86. The summed E-state index contributed by atoms with van der Waals surface area (Å²) >= 11 is 1.72. The minimum Gasteiger partial charge on any atom is -0.399 e. The molecule has 19 heavy (non-hydrogen) atoms. The molecule has 0 saturated carbocycles. The number of amides is 1. The molecule has 1 amide bonds. The molecule has 0 radical (unpaired) electrons. The summed E-state index contributed by atoms with van der Waals surface area (Å²) in [6.45, 7) is 2.64. The molecule has 0 spiro atoms. The summed E-state index contributed by atoms with van der Waals surface area (Å²) in [6.07, 6.45) is 0.897. The highest BCUT2D eigenvalue weighted by atomic mass is 32.1. The second-order valence-electron chi connectivity index (χ2n) is 4.63. The largest absolute Gasteiger partial charge is 0.399 e. The van der Waals surface area contributed by atoms with Crippen LogP contribution in [0.3, 0.4) is 0 Å². The van der Waals surface area contributed by atoms with Crippen molar-refractivity contribution in [2.75, 3.05) is 19.3 Å². The molecule has 0 unspecified atom stereocenters. The number of rotatable bonds is 4. The van der Waals surface area contributed by atoms with Crippen LogP contribution in [0.5, 0.6) is 0 Å². The van der Waals surface area contributed by atoms with E-state index in [1.165, 1.54) is 4.88 Å². The summed E-state index contributed by atoms with van der Waals surface area (Å²) in [5, 5.41) is 2.06. The van der Waals surface area contributed by atoms with E-state index in [1.54, 1.807) is 28.4 Å². The number of carbonyl (C=O) groups is 1. The van der Waals surface area contributed by atoms with Crippen LogP contribution in [0.2, 0.25) is 0 Å². The fourth-order valence-corrected chi connectivity index (χ4v) is 2.56. The van der Waals surface area contributed by atoms with Crippen LogP contribution in [0.4, 0.5) is 5.69 Å². The Morgan fingerprint density at radius 2 is 2.16 bits per heavy atom. The van der Waals surface area contributed by atoms with Crippen molar-refractivity contribution in [2.45, 2.75) is 13.3 Å². The first kappa shape index (κ1) is 13.6. The molecule has 0 atom stereocenters. The number of nitrogens with zero attached hydrogens (tertiary/aromatic N) is 1. The number of nitrogens with two attached hydrogens (primary N) is 1. The smallest absolute Gasteiger partial charge is 0.253 e. The average molecular weight is 274 g/mol. The third-order valence-electron chi connectivity index (χ3n) is 3.14. The van der Waals surface area contributed by atoms with Gasteiger partial charge in [0.1, 0.15) is 0 Å². The van der Waals surface area contributed by atoms with E-state index in [9.17, 15) is 4.79 Å². The van der Waals surface area contributed by atoms with Gasteiger partial charge in [-0.15, -0.1) is 11.3 Å². The van der Waals surface area contributed by atoms with Crippen LogP contribution >= 0.6 is 11.3 Å². The highest BCUT2D eigenvalue weighted by Crippen LogP contribution is 2.15. The zero-order chi connectivity index (χ0) is 13.8. The van der Waals surface area contributed by atoms with Crippen LogP contribution in [0, 0.1) is 6.92 Å². The van der Waals surface area contributed by atoms with Crippen molar-refractivity contribution in [3.8, 4) is 0 Å². The molecule has 0 aliphatic carbocycles. The van der Waals surface area contributed by atoms with E-state index in [0.717, 1.165) is 24.2 Å². The highest BCUT2D eigenvalue weighted by molar-refractivity contribution is 7.09. The highest BCUT2D eigenvalue weighted by Gasteiger charge is 2.12. The van der Waals surface area contributed by atoms with Crippen LogP contribution in [-0.4, -0.2) is 24.4 Å². The number of thiophene rings is 1. The van der Waals surface area contributed by atoms with Gasteiger partial charge in [0.2, 0.25) is 0 Å². The molecule has 3 nitrogen and oxygen atoms in total. The maximum absolute atomic E-state index is 12.3. The Hall–Kier alpha value is -1.81. The first-order valence-corrected chi connectivity index (χ1v) is 7.10. The second-order valence-corrected chi connectivity index (χ2v) is 5.66. The van der Waals surface area contributed by atoms with Crippen molar-refractivity contribution in [3.05, 3.63) is 51.7 Å². The molecule has 0 bridgehead atoms. The van der Waals surface area contributed by atoms with Gasteiger partial charge in [-0.2, -0.15) is 0 Å². The SMILES string of the molecule is Cc1cc(C(=O)N(C)CCc2cccs2)ccc1N. The predicted octanol–water partition coefficient (Wildman–Crippen LogP) is 2.95. The number of nitrogen functional groups attached to an aromatic ring is 1. The molecule has 1 aromatic heterocycles. The maximum atomic E-state index is 12.3. The Balaban J connectivity index is 2.00. The minimum absolute atomic E-state index is 0.0413. The van der Waals surface area contributed by atoms with Crippen LogP contribution in [0.15, 0.2) is 35.7 Å². The van der Waals surface area contributed by atoms with E-state index < -0.39 is 0 Å². The van der Waals surface area contributed by atoms with Crippen molar-refractivity contribution >= 4 is 22.9 Å². The summed E-state index contributed by atoms with van der Waals surface area (Å²) in [6, 6.07) is 9.54. The number of anilines is 1. The topological polar surface area (TPSA) is 46.3 Å². The Morgan fingerprint density at radius 3 is 2.79 bits per heavy atom. The van der Waals surface area contributed by atoms with Gasteiger partial charge in [0.15, 0.2) is 0 Å². The van der Waals surface area contributed by atoms with E-state index in [-0.39, 0.29) is 5.91 Å². The number of benzene rings is 1. The van der Waals surface area contributed by atoms with Crippen molar-refractivity contribution < 1.29 is 4.79 Å². The first-order chi connectivity index (χ1) is 9.08. The molecule has 2 aromatic rings. The zero-order valence-electron chi connectivity index (χ0n) is 11.2. The summed E-state index contributed by atoms with van der Waals surface area (Å²) in [7, 11) is 1.83. The third-order valence-corrected chi connectivity index (χ3v) is 4.07. The number of likely N-dealkylation sites (N-methyl/N-ethyl adjacent to an activating group) is 1. The quantitative estimate of drug-likeness (QED) is 0.871. The minimum atomic E-state index is 0.0413. The Kier molecular flexibility index (Phi) is 4.22. The van der Waals surface area contributed by atoms with E-state index >= 15 is 0 Å². The van der Waals surface area contributed by atoms with Gasteiger partial charge >= 0.3 is 0 Å². The molecule has 1 heterocycles. The Morgan fingerprint density at radius 1 is 1.37 bits per heavy atom. The molecular weight excluding hydrogens is 256 g/mol. The van der Waals surface area contributed by atoms with Crippen LogP contribution in [0.1, 0.15) is 20.8 Å². The molecule has 0 fully saturated rings. The molecular formula is C15H18N2OS. The maximum Gasteiger partial charge on any atom is 0.253 e. The standard InChI is InChI=1S/C15H18N2OS/c1-11-10-12(5-6-14(11)16)15(18)17(2)8-7-13-4-3-9-19-13/h3-6,9-10H,7-8,16H2,1-2H3. The van der Waals surface area contributed by atoms with Crippen molar-refractivity contribution in [1.29, 1.82) is 0 Å². The molecule has 1 aromatic carbocycles. The second kappa shape index (κ2) is 5.89. The Bertz CT molecular complexity index is 564. The Labute approximate surface area is 117 Å². The monoisotopic (exact) mass is 274 g/mol. The molecule has 2 rings (SSSR count). The van der Waals surface area contributed by atoms with Gasteiger partial charge in [-0.1, -0.05) is 6.07 Å². The number of aryl methyl sites for hydroxylation is 1. The molecule has 100 valence electrons. The molecule has 4 heteroatoms. The summed E-state index contributed by atoms with van der Waals surface area (Å²) in [4.78, 5) is 15.3. The van der Waals surface area contributed by atoms with Gasteiger partial charge in [-0.25, -0.2) is 0 Å². The normalized spacial score (nSPS) is 10.4. The van der Waals surface area contributed by atoms with E-state index in [2.05, 4.69) is 11.4 Å². The fraction of sp³-hybridized carbons (Fsp3) is 0.267. The van der Waals surface area contributed by atoms with Gasteiger partial charge in [0.05, 0.1) is 0 Å². The lowest BCUT2D eigenvalue weighted by Gasteiger charge is -2.17. The number of hydrogen-bond acceptors (Lipinski definition) is 3. The first-order valence-electron chi connectivity index (χ1n) is 6.22. The van der Waals surface area contributed by atoms with Crippen LogP contribution in [0.25, 0.3) is 0 Å². The summed E-state index contributed by atoms with van der Waals surface area (Å²) in [5.74, 6) is 0.0413. The zero-order valence-corrected chi connectivity index (χ0v) is 12.0. The van der Waals surface area contributed by atoms with Crippen LogP contribution < -0.4 is 5.73 Å². The van der Waals surface area contributed by atoms with E-state index in [4.69, 9.17) is 5.73 Å². The van der Waals surface area contributed by atoms with Gasteiger partial charge in [-0.05, 0) is 48.6 Å². The van der Waals surface area contributed by atoms with Crippen molar-refractivity contribution in [2.24, 2.45) is 0 Å². The predicted molar refractivity (Wildman–Crippen MR) is 80.6 cm³/mol. The van der Waals surface area contributed by atoms with Crippen LogP contribution in [-0.2, 0) is 6.42 Å². The number of hydrogen-bond donors (Lipinski definition) is 1. The van der Waals surface area contributed by atoms with Gasteiger partial charge in [0, 0.05) is 29.7 Å². The van der Waals surface area contributed by atoms with Crippen molar-refractivity contribution in [1.82, 2.24) is 4.90 Å². The average Bonchev–Trinajstić information content (AvgIpc) is 2.91. The molecule has 0 aliphatic heterocycles. The summed E-state index contributed by atoms with van der Waals surface area (Å²) < 4.78 is 0.